The van der Waals surface area contributed by atoms with E-state index in [1.54, 1.807) is 9.80 Å². The summed E-state index contributed by atoms with van der Waals surface area (Å²) in [4.78, 5) is 64.1. The topological polar surface area (TPSA) is 104 Å². The molecule has 9 nitrogen and oxygen atoms in total. The first-order valence-electron chi connectivity index (χ1n) is 9.49. The fourth-order valence-electron chi connectivity index (χ4n) is 3.39. The highest BCUT2D eigenvalue weighted by Gasteiger charge is 2.31. The summed E-state index contributed by atoms with van der Waals surface area (Å²) in [6.45, 7) is 4.70. The Bertz CT molecular complexity index is 826. The van der Waals surface area contributed by atoms with Crippen LogP contribution < -0.4 is 4.90 Å². The monoisotopic (exact) mass is 401 g/mol. The van der Waals surface area contributed by atoms with Crippen molar-refractivity contribution in [3.05, 3.63) is 29.8 Å². The van der Waals surface area contributed by atoms with Crippen LogP contribution in [-0.4, -0.2) is 71.7 Å². The molecule has 9 heteroatoms. The van der Waals surface area contributed by atoms with Crippen LogP contribution in [0.2, 0.25) is 0 Å². The van der Waals surface area contributed by atoms with Gasteiger partial charge >= 0.3 is 5.97 Å². The number of anilines is 1. The number of carbonyl (C=O) groups is 5. The molecule has 0 aromatic heterocycles. The maximum Gasteiger partial charge on any atom is 0.338 e. The number of hydrogen-bond acceptors (Lipinski definition) is 6. The summed E-state index contributed by atoms with van der Waals surface area (Å²) in [6, 6.07) is 5.93. The zero-order valence-corrected chi connectivity index (χ0v) is 16.4. The number of hydrogen-bond donors (Lipinski definition) is 0. The minimum absolute atomic E-state index is 0.0302. The number of piperazine rings is 1. The van der Waals surface area contributed by atoms with Gasteiger partial charge in [-0.3, -0.25) is 24.1 Å². The molecule has 3 rings (SSSR count). The lowest BCUT2D eigenvalue weighted by molar-refractivity contribution is -0.144. The van der Waals surface area contributed by atoms with Crippen LogP contribution in [0.15, 0.2) is 24.3 Å². The first-order chi connectivity index (χ1) is 13.8. The smallest absolute Gasteiger partial charge is 0.338 e. The highest BCUT2D eigenvalue weighted by Crippen LogP contribution is 2.23. The van der Waals surface area contributed by atoms with Crippen molar-refractivity contribution in [1.82, 2.24) is 9.80 Å². The second kappa shape index (κ2) is 8.42. The van der Waals surface area contributed by atoms with Crippen molar-refractivity contribution in [3.8, 4) is 0 Å². The summed E-state index contributed by atoms with van der Waals surface area (Å²) in [5.41, 5.74) is 0.621. The molecule has 1 atom stereocenters. The minimum Gasteiger partial charge on any atom is -0.449 e. The van der Waals surface area contributed by atoms with Gasteiger partial charge in [0, 0.05) is 45.9 Å². The molecular formula is C20H23N3O6. The maximum atomic E-state index is 12.5. The second-order valence-electron chi connectivity index (χ2n) is 7.05. The lowest BCUT2D eigenvalue weighted by Gasteiger charge is -2.35. The number of imide groups is 1. The van der Waals surface area contributed by atoms with Gasteiger partial charge in [0.15, 0.2) is 6.10 Å². The lowest BCUT2D eigenvalue weighted by atomic mass is 10.2. The third-order valence-electron chi connectivity index (χ3n) is 5.08. The third-order valence-corrected chi connectivity index (χ3v) is 5.08. The average molecular weight is 401 g/mol. The SMILES string of the molecule is CC(=O)N1CCN(C(=O)C(C)OC(=O)c2ccc(N3C(=O)CCC3=O)cc2)CC1. The first kappa shape index (κ1) is 20.5. The zero-order valence-electron chi connectivity index (χ0n) is 16.4. The van der Waals surface area contributed by atoms with Crippen molar-refractivity contribution in [2.75, 3.05) is 31.1 Å². The Balaban J connectivity index is 1.57. The van der Waals surface area contributed by atoms with Gasteiger partial charge in [-0.25, -0.2) is 4.79 Å². The highest BCUT2D eigenvalue weighted by atomic mass is 16.5. The van der Waals surface area contributed by atoms with E-state index in [9.17, 15) is 24.0 Å². The van der Waals surface area contributed by atoms with E-state index < -0.39 is 12.1 Å². The van der Waals surface area contributed by atoms with Crippen LogP contribution in [-0.2, 0) is 23.9 Å². The highest BCUT2D eigenvalue weighted by molar-refractivity contribution is 6.19. The van der Waals surface area contributed by atoms with Gasteiger partial charge < -0.3 is 14.5 Å². The van der Waals surface area contributed by atoms with Crippen LogP contribution in [0.1, 0.15) is 37.0 Å². The van der Waals surface area contributed by atoms with Gasteiger partial charge in [0.05, 0.1) is 11.3 Å². The Morgan fingerprint density at radius 2 is 1.41 bits per heavy atom. The van der Waals surface area contributed by atoms with Gasteiger partial charge in [-0.2, -0.15) is 0 Å². The Kier molecular flexibility index (Phi) is 5.95. The molecule has 2 aliphatic heterocycles. The van der Waals surface area contributed by atoms with Gasteiger partial charge in [0.25, 0.3) is 5.91 Å². The summed E-state index contributed by atoms with van der Waals surface area (Å²) in [6.07, 6.45) is -0.598. The van der Waals surface area contributed by atoms with E-state index in [-0.39, 0.29) is 42.0 Å². The van der Waals surface area contributed by atoms with Gasteiger partial charge in [-0.05, 0) is 31.2 Å². The van der Waals surface area contributed by atoms with Crippen LogP contribution in [0.5, 0.6) is 0 Å². The summed E-state index contributed by atoms with van der Waals surface area (Å²) < 4.78 is 5.28. The molecule has 1 unspecified atom stereocenters. The quantitative estimate of drug-likeness (QED) is 0.540. The lowest BCUT2D eigenvalue weighted by Crippen LogP contribution is -2.52. The fraction of sp³-hybridized carbons (Fsp3) is 0.450. The average Bonchev–Trinajstić information content (AvgIpc) is 3.05. The molecule has 2 fully saturated rings. The van der Waals surface area contributed by atoms with Crippen molar-refractivity contribution < 1.29 is 28.7 Å². The number of amides is 4. The number of nitrogens with zero attached hydrogens (tertiary/aromatic N) is 3. The second-order valence-corrected chi connectivity index (χ2v) is 7.05. The van der Waals surface area contributed by atoms with Crippen molar-refractivity contribution in [1.29, 1.82) is 0 Å². The van der Waals surface area contributed by atoms with Crippen LogP contribution in [0.3, 0.4) is 0 Å². The summed E-state index contributed by atoms with van der Waals surface area (Å²) in [5, 5.41) is 0. The van der Waals surface area contributed by atoms with E-state index in [2.05, 4.69) is 0 Å². The Morgan fingerprint density at radius 1 is 0.897 bits per heavy atom. The van der Waals surface area contributed by atoms with Crippen molar-refractivity contribution in [2.45, 2.75) is 32.8 Å². The fourth-order valence-corrected chi connectivity index (χ4v) is 3.39. The van der Waals surface area contributed by atoms with Gasteiger partial charge in [0.1, 0.15) is 0 Å². The van der Waals surface area contributed by atoms with Crippen molar-refractivity contribution in [3.63, 3.8) is 0 Å². The minimum atomic E-state index is -0.965. The molecule has 29 heavy (non-hydrogen) atoms. The number of ether oxygens (including phenoxy) is 1. The number of carbonyl (C=O) groups excluding carboxylic acids is 5. The molecule has 0 N–H and O–H groups in total. The van der Waals surface area contributed by atoms with E-state index in [4.69, 9.17) is 4.74 Å². The molecule has 0 aliphatic carbocycles. The predicted octanol–water partition coefficient (Wildman–Crippen LogP) is 0.576. The summed E-state index contributed by atoms with van der Waals surface area (Å²) in [5.74, 6) is -1.55. The molecule has 0 saturated carbocycles. The van der Waals surface area contributed by atoms with E-state index in [0.717, 1.165) is 4.90 Å². The molecule has 0 radical (unpaired) electrons. The molecule has 2 saturated heterocycles. The van der Waals surface area contributed by atoms with Crippen LogP contribution in [0.25, 0.3) is 0 Å². The van der Waals surface area contributed by atoms with Crippen LogP contribution in [0, 0.1) is 0 Å². The Morgan fingerprint density at radius 3 is 1.93 bits per heavy atom. The van der Waals surface area contributed by atoms with Crippen LogP contribution >= 0.6 is 0 Å². The van der Waals surface area contributed by atoms with Gasteiger partial charge in [-0.15, -0.1) is 0 Å². The summed E-state index contributed by atoms with van der Waals surface area (Å²) >= 11 is 0. The maximum absolute atomic E-state index is 12.5. The van der Waals surface area contributed by atoms with E-state index in [0.29, 0.717) is 31.9 Å². The van der Waals surface area contributed by atoms with E-state index in [1.807, 2.05) is 0 Å². The van der Waals surface area contributed by atoms with E-state index >= 15 is 0 Å². The molecule has 1 aromatic carbocycles. The summed E-state index contributed by atoms with van der Waals surface area (Å²) in [7, 11) is 0. The largest absolute Gasteiger partial charge is 0.449 e. The molecule has 4 amide bonds. The van der Waals surface area contributed by atoms with Crippen molar-refractivity contribution >= 4 is 35.3 Å². The van der Waals surface area contributed by atoms with Gasteiger partial charge in [-0.1, -0.05) is 0 Å². The third kappa shape index (κ3) is 4.44. The Hall–Kier alpha value is -3.23. The predicted molar refractivity (Wildman–Crippen MR) is 102 cm³/mol. The van der Waals surface area contributed by atoms with Crippen molar-refractivity contribution in [2.24, 2.45) is 0 Å². The van der Waals surface area contributed by atoms with Gasteiger partial charge in [0.2, 0.25) is 17.7 Å². The molecule has 0 bridgehead atoms. The Labute approximate surface area is 168 Å². The molecule has 2 aliphatic rings. The molecule has 0 spiro atoms. The zero-order chi connectivity index (χ0) is 21.1. The van der Waals surface area contributed by atoms with Crippen LogP contribution in [0.4, 0.5) is 5.69 Å². The standard InChI is InChI=1S/C20H23N3O6/c1-13(19(27)22-11-9-21(10-12-22)14(2)24)29-20(28)15-3-5-16(6-4-15)23-17(25)7-8-18(23)26/h3-6,13H,7-12H2,1-2H3. The molecule has 154 valence electrons. The molecule has 2 heterocycles. The number of rotatable bonds is 4. The number of esters is 1. The molecular weight excluding hydrogens is 378 g/mol. The van der Waals surface area contributed by atoms with E-state index in [1.165, 1.54) is 38.1 Å². The first-order valence-corrected chi connectivity index (χ1v) is 9.49. The number of benzene rings is 1. The molecule has 1 aromatic rings. The normalized spacial score (nSPS) is 18.1.